The fraction of sp³-hybridized carbons (Fsp3) is 0.391. The van der Waals surface area contributed by atoms with Gasteiger partial charge in [-0.3, -0.25) is 9.59 Å². The summed E-state index contributed by atoms with van der Waals surface area (Å²) in [6.07, 6.45) is 1.65. The molecule has 1 N–H and O–H groups in total. The van der Waals surface area contributed by atoms with E-state index in [1.807, 2.05) is 6.07 Å². The molecule has 4 rings (SSSR count). The van der Waals surface area contributed by atoms with Crippen molar-refractivity contribution in [3.05, 3.63) is 52.3 Å². The maximum atomic E-state index is 13.6. The van der Waals surface area contributed by atoms with Crippen LogP contribution in [0.3, 0.4) is 0 Å². The molecule has 0 radical (unpaired) electrons. The number of hydrogen-bond acceptors (Lipinski definition) is 4. The summed E-state index contributed by atoms with van der Waals surface area (Å²) in [5.41, 5.74) is 1.81. The van der Waals surface area contributed by atoms with Crippen molar-refractivity contribution in [1.82, 2.24) is 4.31 Å². The summed E-state index contributed by atoms with van der Waals surface area (Å²) in [6.45, 7) is 2.63. The molecule has 0 saturated carbocycles. The number of nitrogens with one attached hydrogen (secondary N) is 1. The minimum atomic E-state index is -3.86. The molecule has 0 bridgehead atoms. The number of sulfonamides is 1. The van der Waals surface area contributed by atoms with Crippen LogP contribution < -0.4 is 10.2 Å². The van der Waals surface area contributed by atoms with Crippen LogP contribution in [0, 0.1) is 11.7 Å². The van der Waals surface area contributed by atoms with Gasteiger partial charge in [0.25, 0.3) is 0 Å². The van der Waals surface area contributed by atoms with Crippen LogP contribution in [0.5, 0.6) is 0 Å². The molecule has 33 heavy (non-hydrogen) atoms. The molecule has 2 aliphatic heterocycles. The maximum Gasteiger partial charge on any atom is 0.245 e. The highest BCUT2D eigenvalue weighted by Crippen LogP contribution is 2.39. The predicted octanol–water partition coefficient (Wildman–Crippen LogP) is 3.93. The van der Waals surface area contributed by atoms with Crippen molar-refractivity contribution < 1.29 is 22.4 Å². The molecule has 0 aliphatic carbocycles. The molecule has 1 saturated heterocycles. The number of benzene rings is 2. The average molecular weight is 538 g/mol. The minimum Gasteiger partial charge on any atom is -0.326 e. The second kappa shape index (κ2) is 9.52. The van der Waals surface area contributed by atoms with E-state index in [9.17, 15) is 22.4 Å². The lowest BCUT2D eigenvalue weighted by Gasteiger charge is -2.31. The van der Waals surface area contributed by atoms with Gasteiger partial charge in [-0.25, -0.2) is 12.8 Å². The predicted molar refractivity (Wildman–Crippen MR) is 127 cm³/mol. The summed E-state index contributed by atoms with van der Waals surface area (Å²) in [5, 5.41) is 2.77. The highest BCUT2D eigenvalue weighted by Gasteiger charge is 2.37. The van der Waals surface area contributed by atoms with E-state index < -0.39 is 10.0 Å². The Hall–Kier alpha value is -2.30. The lowest BCUT2D eigenvalue weighted by molar-refractivity contribution is -0.121. The summed E-state index contributed by atoms with van der Waals surface area (Å²) in [7, 11) is -3.86. The van der Waals surface area contributed by atoms with Crippen LogP contribution in [-0.2, 0) is 26.0 Å². The number of amides is 2. The Labute approximate surface area is 201 Å². The molecular formula is C23H25BrFN3O4S. The molecule has 176 valence electrons. The molecule has 10 heteroatoms. The molecular weight excluding hydrogens is 513 g/mol. The van der Waals surface area contributed by atoms with Gasteiger partial charge in [0.15, 0.2) is 0 Å². The van der Waals surface area contributed by atoms with Gasteiger partial charge in [-0.15, -0.1) is 0 Å². The smallest absolute Gasteiger partial charge is 0.245 e. The zero-order chi connectivity index (χ0) is 23.8. The standard InChI is InChI=1S/C23H25BrFN3O4S/c1-2-21(29)28-12-9-16-13-17(24)14-20(22(16)28)33(31,32)27-10-7-15(8-11-27)23(30)26-19-5-3-18(25)4-6-19/h3-6,13-15H,2,7-12H2,1H3,(H,26,30). The normalized spacial score (nSPS) is 17.1. The van der Waals surface area contributed by atoms with Crippen LogP contribution in [0.15, 0.2) is 45.8 Å². The fourth-order valence-corrected chi connectivity index (χ4v) is 6.77. The lowest BCUT2D eigenvalue weighted by atomic mass is 9.97. The van der Waals surface area contributed by atoms with Crippen molar-refractivity contribution in [2.45, 2.75) is 37.5 Å². The molecule has 0 unspecified atom stereocenters. The van der Waals surface area contributed by atoms with Crippen molar-refractivity contribution in [3.8, 4) is 0 Å². The van der Waals surface area contributed by atoms with E-state index in [0.717, 1.165) is 5.56 Å². The summed E-state index contributed by atoms with van der Waals surface area (Å²) in [6, 6.07) is 8.95. The lowest BCUT2D eigenvalue weighted by Crippen LogP contribution is -2.42. The first-order chi connectivity index (χ1) is 15.7. The summed E-state index contributed by atoms with van der Waals surface area (Å²) < 4.78 is 42.3. The molecule has 2 amide bonds. The molecule has 1 fully saturated rings. The van der Waals surface area contributed by atoms with E-state index in [2.05, 4.69) is 21.2 Å². The van der Waals surface area contributed by atoms with Crippen LogP contribution >= 0.6 is 15.9 Å². The van der Waals surface area contributed by atoms with Crippen LogP contribution in [0.1, 0.15) is 31.7 Å². The zero-order valence-electron chi connectivity index (χ0n) is 18.2. The fourth-order valence-electron chi connectivity index (χ4n) is 4.38. The van der Waals surface area contributed by atoms with Crippen LogP contribution in [0.25, 0.3) is 0 Å². The number of fused-ring (bicyclic) bond motifs is 1. The minimum absolute atomic E-state index is 0.108. The van der Waals surface area contributed by atoms with Crippen LogP contribution in [0.2, 0.25) is 0 Å². The topological polar surface area (TPSA) is 86.8 Å². The Balaban J connectivity index is 1.50. The molecule has 2 aliphatic rings. The van der Waals surface area contributed by atoms with Crippen molar-refractivity contribution in [2.24, 2.45) is 5.92 Å². The van der Waals surface area contributed by atoms with E-state index >= 15 is 0 Å². The van der Waals surface area contributed by atoms with Crippen molar-refractivity contribution in [3.63, 3.8) is 0 Å². The van der Waals surface area contributed by atoms with Crippen LogP contribution in [0.4, 0.5) is 15.8 Å². The van der Waals surface area contributed by atoms with E-state index in [-0.39, 0.29) is 41.5 Å². The second-order valence-corrected chi connectivity index (χ2v) is 11.1. The Kier molecular flexibility index (Phi) is 6.88. The maximum absolute atomic E-state index is 13.6. The SMILES string of the molecule is CCC(=O)N1CCc2cc(Br)cc(S(=O)(=O)N3CCC(C(=O)Nc4ccc(F)cc4)CC3)c21. The Bertz CT molecular complexity index is 1180. The van der Waals surface area contributed by atoms with Gasteiger partial charge in [0.05, 0.1) is 5.69 Å². The Morgan fingerprint density at radius 1 is 1.12 bits per heavy atom. The van der Waals surface area contributed by atoms with Gasteiger partial charge >= 0.3 is 0 Å². The van der Waals surface area contributed by atoms with Gasteiger partial charge in [0.1, 0.15) is 10.7 Å². The molecule has 0 atom stereocenters. The zero-order valence-corrected chi connectivity index (χ0v) is 20.6. The molecule has 0 aromatic heterocycles. The number of carbonyl (C=O) groups is 2. The van der Waals surface area contributed by atoms with E-state index in [0.29, 0.717) is 48.1 Å². The molecule has 2 aromatic carbocycles. The summed E-state index contributed by atoms with van der Waals surface area (Å²) >= 11 is 3.41. The monoisotopic (exact) mass is 537 g/mol. The van der Waals surface area contributed by atoms with Crippen LogP contribution in [-0.4, -0.2) is 44.2 Å². The number of piperidine rings is 1. The van der Waals surface area contributed by atoms with Gasteiger partial charge in [0.2, 0.25) is 21.8 Å². The van der Waals surface area contributed by atoms with E-state index in [4.69, 9.17) is 0 Å². The molecule has 2 heterocycles. The van der Waals surface area contributed by atoms with Crippen molar-refractivity contribution >= 4 is 49.1 Å². The number of rotatable bonds is 5. The number of anilines is 2. The number of hydrogen-bond donors (Lipinski definition) is 1. The third-order valence-corrected chi connectivity index (χ3v) is 8.52. The van der Waals surface area contributed by atoms with E-state index in [1.165, 1.54) is 28.6 Å². The third kappa shape index (κ3) is 4.83. The first-order valence-electron chi connectivity index (χ1n) is 10.9. The molecule has 2 aromatic rings. The average Bonchev–Trinajstić information content (AvgIpc) is 3.23. The van der Waals surface area contributed by atoms with Crippen molar-refractivity contribution in [1.29, 1.82) is 0 Å². The van der Waals surface area contributed by atoms with Crippen molar-refractivity contribution in [2.75, 3.05) is 29.9 Å². The molecule has 0 spiro atoms. The van der Waals surface area contributed by atoms with Gasteiger partial charge < -0.3 is 10.2 Å². The van der Waals surface area contributed by atoms with Gasteiger partial charge in [-0.1, -0.05) is 22.9 Å². The Morgan fingerprint density at radius 2 is 1.79 bits per heavy atom. The number of carbonyl (C=O) groups excluding carboxylic acids is 2. The summed E-state index contributed by atoms with van der Waals surface area (Å²) in [5.74, 6) is -1.04. The van der Waals surface area contributed by atoms with E-state index in [1.54, 1.807) is 17.9 Å². The van der Waals surface area contributed by atoms with Gasteiger partial charge in [-0.2, -0.15) is 4.31 Å². The van der Waals surface area contributed by atoms with Gasteiger partial charge in [0, 0.05) is 42.1 Å². The largest absolute Gasteiger partial charge is 0.326 e. The van der Waals surface area contributed by atoms with Gasteiger partial charge in [-0.05, 0) is 61.2 Å². The summed E-state index contributed by atoms with van der Waals surface area (Å²) in [4.78, 5) is 26.7. The molecule has 7 nitrogen and oxygen atoms in total. The first-order valence-corrected chi connectivity index (χ1v) is 13.1. The number of nitrogens with zero attached hydrogens (tertiary/aromatic N) is 2. The second-order valence-electron chi connectivity index (χ2n) is 8.24. The number of halogens is 2. The highest BCUT2D eigenvalue weighted by atomic mass is 79.9. The first kappa shape index (κ1) is 23.8. The Morgan fingerprint density at radius 3 is 2.42 bits per heavy atom. The highest BCUT2D eigenvalue weighted by molar-refractivity contribution is 9.10. The third-order valence-electron chi connectivity index (χ3n) is 6.15. The quantitative estimate of drug-likeness (QED) is 0.626.